The SMILES string of the molecule is CCc1ccc([C@@H]2C(=C(O)c3cccc([N+](=O)[O-])c3)C(=O)C(=O)N2Cc2ccco2)cc1. The van der Waals surface area contributed by atoms with Crippen molar-refractivity contribution in [3.63, 3.8) is 0 Å². The number of nitro benzene ring substituents is 1. The summed E-state index contributed by atoms with van der Waals surface area (Å²) >= 11 is 0. The number of hydrogen-bond donors (Lipinski definition) is 1. The molecule has 2 heterocycles. The van der Waals surface area contributed by atoms with E-state index in [1.807, 2.05) is 31.2 Å². The minimum absolute atomic E-state index is 0.0312. The van der Waals surface area contributed by atoms with Gasteiger partial charge >= 0.3 is 0 Å². The first-order valence-corrected chi connectivity index (χ1v) is 10.0. The number of Topliss-reactive ketones (excluding diaryl/α,β-unsaturated/α-hetero) is 1. The largest absolute Gasteiger partial charge is 0.507 e. The lowest BCUT2D eigenvalue weighted by Gasteiger charge is -2.24. The van der Waals surface area contributed by atoms with Gasteiger partial charge in [0.25, 0.3) is 17.4 Å². The summed E-state index contributed by atoms with van der Waals surface area (Å²) in [6, 6.07) is 15.3. The fourth-order valence-corrected chi connectivity index (χ4v) is 3.82. The number of nitro groups is 1. The molecule has 0 bridgehead atoms. The number of ketones is 1. The van der Waals surface area contributed by atoms with E-state index in [4.69, 9.17) is 4.42 Å². The molecule has 1 atom stereocenters. The third kappa shape index (κ3) is 3.78. The molecular weight excluding hydrogens is 412 g/mol. The van der Waals surface area contributed by atoms with Crippen molar-refractivity contribution in [1.82, 2.24) is 4.90 Å². The van der Waals surface area contributed by atoms with Gasteiger partial charge in [-0.3, -0.25) is 19.7 Å². The van der Waals surface area contributed by atoms with Gasteiger partial charge in [-0.15, -0.1) is 0 Å². The third-order valence-electron chi connectivity index (χ3n) is 5.48. The molecule has 8 heteroatoms. The van der Waals surface area contributed by atoms with Crippen molar-refractivity contribution in [2.75, 3.05) is 0 Å². The number of hydrogen-bond acceptors (Lipinski definition) is 6. The van der Waals surface area contributed by atoms with Crippen LogP contribution >= 0.6 is 0 Å². The van der Waals surface area contributed by atoms with Gasteiger partial charge in [0.15, 0.2) is 0 Å². The smallest absolute Gasteiger partial charge is 0.296 e. The Morgan fingerprint density at radius 1 is 1.12 bits per heavy atom. The van der Waals surface area contributed by atoms with E-state index in [-0.39, 0.29) is 23.4 Å². The Morgan fingerprint density at radius 3 is 2.50 bits per heavy atom. The Kier molecular flexibility index (Phi) is 5.59. The Hall–Kier alpha value is -4.20. The van der Waals surface area contributed by atoms with E-state index in [0.29, 0.717) is 11.3 Å². The van der Waals surface area contributed by atoms with Crippen LogP contribution in [-0.2, 0) is 22.6 Å². The van der Waals surface area contributed by atoms with Gasteiger partial charge in [0.1, 0.15) is 11.5 Å². The minimum atomic E-state index is -0.870. The van der Waals surface area contributed by atoms with Gasteiger partial charge < -0.3 is 14.4 Å². The van der Waals surface area contributed by atoms with Gasteiger partial charge in [-0.2, -0.15) is 0 Å². The Balaban J connectivity index is 1.87. The number of aliphatic hydroxyl groups is 1. The van der Waals surface area contributed by atoms with Crippen LogP contribution in [0.3, 0.4) is 0 Å². The number of nitrogens with zero attached hydrogens (tertiary/aromatic N) is 2. The fraction of sp³-hybridized carbons (Fsp3) is 0.167. The monoisotopic (exact) mass is 432 g/mol. The molecule has 1 amide bonds. The van der Waals surface area contributed by atoms with E-state index in [1.54, 1.807) is 12.1 Å². The number of aliphatic hydroxyl groups excluding tert-OH is 1. The first-order chi connectivity index (χ1) is 15.4. The number of carbonyl (C=O) groups is 2. The summed E-state index contributed by atoms with van der Waals surface area (Å²) in [7, 11) is 0. The average Bonchev–Trinajstić information content (AvgIpc) is 3.41. The van der Waals surface area contributed by atoms with Crippen LogP contribution in [0, 0.1) is 10.1 Å². The molecule has 1 N–H and O–H groups in total. The summed E-state index contributed by atoms with van der Waals surface area (Å²) in [5.74, 6) is -1.61. The Morgan fingerprint density at radius 2 is 1.88 bits per heavy atom. The van der Waals surface area contributed by atoms with E-state index in [9.17, 15) is 24.8 Å². The molecule has 0 spiro atoms. The van der Waals surface area contributed by atoms with Gasteiger partial charge in [-0.1, -0.05) is 43.3 Å². The summed E-state index contributed by atoms with van der Waals surface area (Å²) in [6.45, 7) is 2.05. The summed E-state index contributed by atoms with van der Waals surface area (Å²) in [5.41, 5.74) is 1.45. The zero-order chi connectivity index (χ0) is 22.8. The van der Waals surface area contributed by atoms with Crippen LogP contribution in [0.4, 0.5) is 5.69 Å². The molecule has 3 aromatic rings. The van der Waals surface area contributed by atoms with Crippen LogP contribution in [0.2, 0.25) is 0 Å². The molecule has 0 radical (unpaired) electrons. The lowest BCUT2D eigenvalue weighted by molar-refractivity contribution is -0.384. The topological polar surface area (TPSA) is 114 Å². The van der Waals surface area contributed by atoms with Crippen LogP contribution in [0.5, 0.6) is 0 Å². The summed E-state index contributed by atoms with van der Waals surface area (Å²) in [5, 5.41) is 22.2. The second-order valence-electron chi connectivity index (χ2n) is 7.41. The van der Waals surface area contributed by atoms with E-state index >= 15 is 0 Å². The second kappa shape index (κ2) is 8.50. The number of amides is 1. The normalized spacial score (nSPS) is 17.7. The van der Waals surface area contributed by atoms with Crippen molar-refractivity contribution in [2.45, 2.75) is 25.9 Å². The van der Waals surface area contributed by atoms with Crippen LogP contribution in [-0.4, -0.2) is 26.6 Å². The number of carbonyl (C=O) groups excluding carboxylic acids is 2. The summed E-state index contributed by atoms with van der Waals surface area (Å²) in [4.78, 5) is 37.9. The predicted octanol–water partition coefficient (Wildman–Crippen LogP) is 4.37. The molecule has 0 aliphatic carbocycles. The number of likely N-dealkylation sites (tertiary alicyclic amines) is 1. The first-order valence-electron chi connectivity index (χ1n) is 10.0. The highest BCUT2D eigenvalue weighted by molar-refractivity contribution is 6.46. The second-order valence-corrected chi connectivity index (χ2v) is 7.41. The predicted molar refractivity (Wildman–Crippen MR) is 115 cm³/mol. The third-order valence-corrected chi connectivity index (χ3v) is 5.48. The van der Waals surface area contributed by atoms with Crippen molar-refractivity contribution in [3.8, 4) is 0 Å². The highest BCUT2D eigenvalue weighted by Crippen LogP contribution is 2.40. The quantitative estimate of drug-likeness (QED) is 0.203. The zero-order valence-corrected chi connectivity index (χ0v) is 17.2. The van der Waals surface area contributed by atoms with E-state index in [2.05, 4.69) is 0 Å². The van der Waals surface area contributed by atoms with Crippen molar-refractivity contribution in [3.05, 3.63) is 105 Å². The molecule has 1 aromatic heterocycles. The molecule has 0 unspecified atom stereocenters. The summed E-state index contributed by atoms with van der Waals surface area (Å²) in [6.07, 6.45) is 2.29. The molecule has 0 saturated carbocycles. The molecular formula is C24H20N2O6. The maximum Gasteiger partial charge on any atom is 0.296 e. The zero-order valence-electron chi connectivity index (χ0n) is 17.2. The molecule has 162 valence electrons. The number of non-ortho nitro benzene ring substituents is 1. The Bertz CT molecular complexity index is 1210. The maximum absolute atomic E-state index is 13.0. The van der Waals surface area contributed by atoms with Crippen molar-refractivity contribution >= 4 is 23.1 Å². The van der Waals surface area contributed by atoms with E-state index in [1.165, 1.54) is 35.4 Å². The highest BCUT2D eigenvalue weighted by Gasteiger charge is 2.46. The number of benzene rings is 2. The van der Waals surface area contributed by atoms with Crippen LogP contribution < -0.4 is 0 Å². The van der Waals surface area contributed by atoms with Gasteiger partial charge in [0.05, 0.1) is 29.3 Å². The lowest BCUT2D eigenvalue weighted by atomic mass is 9.94. The molecule has 2 aromatic carbocycles. The van der Waals surface area contributed by atoms with Crippen LogP contribution in [0.1, 0.15) is 35.4 Å². The molecule has 32 heavy (non-hydrogen) atoms. The van der Waals surface area contributed by atoms with Crippen molar-refractivity contribution < 1.29 is 24.0 Å². The molecule has 4 rings (SSSR count). The van der Waals surface area contributed by atoms with Gasteiger partial charge in [-0.05, 0) is 29.7 Å². The maximum atomic E-state index is 13.0. The van der Waals surface area contributed by atoms with Crippen molar-refractivity contribution in [1.29, 1.82) is 0 Å². The molecule has 8 nitrogen and oxygen atoms in total. The number of rotatable bonds is 6. The number of furan rings is 1. The molecule has 1 fully saturated rings. The molecule has 1 aliphatic heterocycles. The molecule has 1 aliphatic rings. The summed E-state index contributed by atoms with van der Waals surface area (Å²) < 4.78 is 5.36. The fourth-order valence-electron chi connectivity index (χ4n) is 3.82. The van der Waals surface area contributed by atoms with E-state index in [0.717, 1.165) is 12.0 Å². The van der Waals surface area contributed by atoms with Gasteiger partial charge in [0.2, 0.25) is 0 Å². The van der Waals surface area contributed by atoms with Gasteiger partial charge in [-0.25, -0.2) is 0 Å². The minimum Gasteiger partial charge on any atom is -0.507 e. The average molecular weight is 432 g/mol. The number of aryl methyl sites for hydroxylation is 1. The van der Waals surface area contributed by atoms with Crippen LogP contribution in [0.25, 0.3) is 5.76 Å². The lowest BCUT2D eigenvalue weighted by Crippen LogP contribution is -2.29. The van der Waals surface area contributed by atoms with E-state index < -0.39 is 28.4 Å². The van der Waals surface area contributed by atoms with Crippen molar-refractivity contribution in [2.24, 2.45) is 0 Å². The standard InChI is InChI=1S/C24H20N2O6/c1-2-15-8-10-16(11-9-15)21-20(22(27)17-5-3-6-18(13-17)26(30)31)23(28)24(29)25(21)14-19-7-4-12-32-19/h3-13,21,27H,2,14H2,1H3/t21-/m1/s1. The van der Waals surface area contributed by atoms with Crippen LogP contribution in [0.15, 0.2) is 76.9 Å². The molecule has 1 saturated heterocycles. The van der Waals surface area contributed by atoms with Gasteiger partial charge in [0, 0.05) is 17.7 Å². The Labute approximate surface area is 183 Å². The highest BCUT2D eigenvalue weighted by atomic mass is 16.6. The first kappa shape index (κ1) is 21.0.